The summed E-state index contributed by atoms with van der Waals surface area (Å²) in [5.74, 6) is -0.893. The van der Waals surface area contributed by atoms with Crippen molar-refractivity contribution in [3.8, 4) is 5.75 Å². The molecule has 0 saturated carbocycles. The van der Waals surface area contributed by atoms with Crippen molar-refractivity contribution in [2.24, 2.45) is 5.73 Å². The lowest BCUT2D eigenvalue weighted by Gasteiger charge is -2.19. The molecule has 0 bridgehead atoms. The van der Waals surface area contributed by atoms with Crippen LogP contribution in [0.5, 0.6) is 5.75 Å². The molecular weight excluding hydrogens is 344 g/mol. The number of aromatic hydroxyl groups is 1. The molecular formula is C18H21ClN2O4. The van der Waals surface area contributed by atoms with Gasteiger partial charge >= 0.3 is 5.97 Å². The number of benzene rings is 2. The number of carbonyl (C=O) groups excluding carboxylic acids is 2. The first kappa shape index (κ1) is 20.5. The minimum absolute atomic E-state index is 0. The number of nitrogens with one attached hydrogen (secondary N) is 1. The van der Waals surface area contributed by atoms with Gasteiger partial charge in [-0.05, 0) is 23.3 Å². The van der Waals surface area contributed by atoms with Gasteiger partial charge in [0.05, 0.1) is 7.11 Å². The van der Waals surface area contributed by atoms with Crippen molar-refractivity contribution in [1.82, 2.24) is 5.32 Å². The van der Waals surface area contributed by atoms with Crippen molar-refractivity contribution < 1.29 is 19.4 Å². The van der Waals surface area contributed by atoms with Crippen molar-refractivity contribution in [2.75, 3.05) is 7.11 Å². The Kier molecular flexibility index (Phi) is 7.91. The third-order valence-corrected chi connectivity index (χ3v) is 3.62. The van der Waals surface area contributed by atoms with Crippen LogP contribution in [0.15, 0.2) is 54.6 Å². The Morgan fingerprint density at radius 2 is 1.72 bits per heavy atom. The standard InChI is InChI=1S/C18H20N2O4.ClH/c1-24-18(23)15(11-12-7-9-14(21)10-8-12)20-17(22)16(19)13-5-3-2-4-6-13;/h2-10,15-16,21H,11,19H2,1H3,(H,20,22);1H/t15-,16+;/m0./s1. The number of ether oxygens (including phenoxy) is 1. The second-order valence-corrected chi connectivity index (χ2v) is 5.34. The predicted octanol–water partition coefficient (Wildman–Crippen LogP) is 1.71. The van der Waals surface area contributed by atoms with Gasteiger partial charge in [0.25, 0.3) is 0 Å². The van der Waals surface area contributed by atoms with Gasteiger partial charge < -0.3 is 20.9 Å². The van der Waals surface area contributed by atoms with Crippen LogP contribution in [0.25, 0.3) is 0 Å². The Hall–Kier alpha value is -2.57. The summed E-state index contributed by atoms with van der Waals surface area (Å²) in [6.07, 6.45) is 0.236. The maximum Gasteiger partial charge on any atom is 0.328 e. The summed E-state index contributed by atoms with van der Waals surface area (Å²) in [5, 5.41) is 11.9. The molecule has 0 aliphatic carbocycles. The van der Waals surface area contributed by atoms with Crippen LogP contribution in [-0.4, -0.2) is 30.1 Å². The quantitative estimate of drug-likeness (QED) is 0.677. The van der Waals surface area contributed by atoms with Gasteiger partial charge in [0.15, 0.2) is 0 Å². The Labute approximate surface area is 152 Å². The SMILES string of the molecule is COC(=O)[C@H](Cc1ccc(O)cc1)NC(=O)[C@H](N)c1ccccc1.Cl. The number of esters is 1. The third-order valence-electron chi connectivity index (χ3n) is 3.62. The zero-order valence-electron chi connectivity index (χ0n) is 13.7. The lowest BCUT2D eigenvalue weighted by molar-refractivity contribution is -0.145. The van der Waals surface area contributed by atoms with Gasteiger partial charge in [-0.3, -0.25) is 4.79 Å². The molecule has 4 N–H and O–H groups in total. The molecule has 134 valence electrons. The number of hydrogen-bond acceptors (Lipinski definition) is 5. The number of carbonyl (C=O) groups is 2. The van der Waals surface area contributed by atoms with E-state index in [0.717, 1.165) is 5.56 Å². The van der Waals surface area contributed by atoms with Crippen molar-refractivity contribution in [1.29, 1.82) is 0 Å². The summed E-state index contributed by atoms with van der Waals surface area (Å²) < 4.78 is 4.75. The van der Waals surface area contributed by atoms with Crippen LogP contribution in [0.3, 0.4) is 0 Å². The van der Waals surface area contributed by atoms with Crippen molar-refractivity contribution in [3.63, 3.8) is 0 Å². The number of rotatable bonds is 6. The third kappa shape index (κ3) is 5.77. The normalized spacial score (nSPS) is 12.4. The number of phenolic OH excluding ortho intramolecular Hbond substituents is 1. The molecule has 0 aliphatic rings. The number of phenols is 1. The van der Waals surface area contributed by atoms with Crippen LogP contribution >= 0.6 is 12.4 Å². The monoisotopic (exact) mass is 364 g/mol. The van der Waals surface area contributed by atoms with Crippen molar-refractivity contribution in [3.05, 3.63) is 65.7 Å². The lowest BCUT2D eigenvalue weighted by Crippen LogP contribution is -2.46. The fourth-order valence-corrected chi connectivity index (χ4v) is 2.28. The van der Waals surface area contributed by atoms with E-state index in [1.54, 1.807) is 36.4 Å². The van der Waals surface area contributed by atoms with E-state index in [9.17, 15) is 14.7 Å². The molecule has 0 unspecified atom stereocenters. The summed E-state index contributed by atoms with van der Waals surface area (Å²) >= 11 is 0. The Morgan fingerprint density at radius 1 is 1.12 bits per heavy atom. The van der Waals surface area contributed by atoms with E-state index in [2.05, 4.69) is 5.32 Å². The maximum atomic E-state index is 12.3. The lowest BCUT2D eigenvalue weighted by atomic mass is 10.0. The molecule has 0 saturated heterocycles. The van der Waals surface area contributed by atoms with Gasteiger partial charge in [0.2, 0.25) is 5.91 Å². The van der Waals surface area contributed by atoms with Gasteiger partial charge in [0.1, 0.15) is 17.8 Å². The maximum absolute atomic E-state index is 12.3. The van der Waals surface area contributed by atoms with Crippen LogP contribution in [0.4, 0.5) is 0 Å². The largest absolute Gasteiger partial charge is 0.508 e. The number of halogens is 1. The fraction of sp³-hybridized carbons (Fsp3) is 0.222. The Bertz CT molecular complexity index is 692. The highest BCUT2D eigenvalue weighted by molar-refractivity contribution is 5.88. The van der Waals surface area contributed by atoms with Gasteiger partial charge in [-0.15, -0.1) is 12.4 Å². The van der Waals surface area contributed by atoms with Crippen LogP contribution in [0.2, 0.25) is 0 Å². The van der Waals surface area contributed by atoms with E-state index < -0.39 is 24.0 Å². The second-order valence-electron chi connectivity index (χ2n) is 5.34. The number of nitrogens with two attached hydrogens (primary N) is 1. The molecule has 0 aliphatic heterocycles. The van der Waals surface area contributed by atoms with E-state index in [0.29, 0.717) is 5.56 Å². The second kappa shape index (κ2) is 9.66. The molecule has 2 aromatic carbocycles. The first-order chi connectivity index (χ1) is 11.5. The van der Waals surface area contributed by atoms with E-state index in [1.807, 2.05) is 6.07 Å². The molecule has 0 heterocycles. The summed E-state index contributed by atoms with van der Waals surface area (Å²) in [4.78, 5) is 24.3. The molecule has 0 fully saturated rings. The van der Waals surface area contributed by atoms with E-state index in [1.165, 1.54) is 19.2 Å². The summed E-state index contributed by atoms with van der Waals surface area (Å²) in [5.41, 5.74) is 7.38. The van der Waals surface area contributed by atoms with Gasteiger partial charge in [-0.2, -0.15) is 0 Å². The zero-order chi connectivity index (χ0) is 17.5. The summed E-state index contributed by atoms with van der Waals surface area (Å²) in [7, 11) is 1.26. The Balaban J connectivity index is 0.00000312. The summed E-state index contributed by atoms with van der Waals surface area (Å²) in [6, 6.07) is 13.5. The first-order valence-electron chi connectivity index (χ1n) is 7.48. The van der Waals surface area contributed by atoms with Crippen LogP contribution in [-0.2, 0) is 20.7 Å². The van der Waals surface area contributed by atoms with E-state index in [4.69, 9.17) is 10.5 Å². The molecule has 6 nitrogen and oxygen atoms in total. The zero-order valence-corrected chi connectivity index (χ0v) is 14.5. The average Bonchev–Trinajstić information content (AvgIpc) is 2.62. The van der Waals surface area contributed by atoms with Gasteiger partial charge in [-0.1, -0.05) is 42.5 Å². The fourth-order valence-electron chi connectivity index (χ4n) is 2.28. The number of methoxy groups -OCH3 is 1. The molecule has 2 atom stereocenters. The molecule has 2 aromatic rings. The van der Waals surface area contributed by atoms with Crippen LogP contribution in [0.1, 0.15) is 17.2 Å². The minimum Gasteiger partial charge on any atom is -0.508 e. The number of amides is 1. The summed E-state index contributed by atoms with van der Waals surface area (Å²) in [6.45, 7) is 0. The predicted molar refractivity (Wildman–Crippen MR) is 96.4 cm³/mol. The molecule has 0 aromatic heterocycles. The smallest absolute Gasteiger partial charge is 0.328 e. The van der Waals surface area contributed by atoms with Crippen LogP contribution in [0, 0.1) is 0 Å². The van der Waals surface area contributed by atoms with Crippen molar-refractivity contribution >= 4 is 24.3 Å². The molecule has 0 spiro atoms. The van der Waals surface area contributed by atoms with Gasteiger partial charge in [-0.25, -0.2) is 4.79 Å². The molecule has 25 heavy (non-hydrogen) atoms. The van der Waals surface area contributed by atoms with Crippen LogP contribution < -0.4 is 11.1 Å². The molecule has 7 heteroatoms. The topological polar surface area (TPSA) is 102 Å². The average molecular weight is 365 g/mol. The van der Waals surface area contributed by atoms with Crippen molar-refractivity contribution in [2.45, 2.75) is 18.5 Å². The van der Waals surface area contributed by atoms with E-state index >= 15 is 0 Å². The highest BCUT2D eigenvalue weighted by Crippen LogP contribution is 2.13. The number of hydrogen-bond donors (Lipinski definition) is 3. The molecule has 2 rings (SSSR count). The first-order valence-corrected chi connectivity index (χ1v) is 7.48. The molecule has 1 amide bonds. The highest BCUT2D eigenvalue weighted by Gasteiger charge is 2.25. The minimum atomic E-state index is -0.877. The molecule has 0 radical (unpaired) electrons. The van der Waals surface area contributed by atoms with Gasteiger partial charge in [0, 0.05) is 6.42 Å². The highest BCUT2D eigenvalue weighted by atomic mass is 35.5. The van der Waals surface area contributed by atoms with E-state index in [-0.39, 0.29) is 24.6 Å². The Morgan fingerprint density at radius 3 is 2.28 bits per heavy atom.